The second-order valence-corrected chi connectivity index (χ2v) is 4.82. The lowest BCUT2D eigenvalue weighted by Crippen LogP contribution is -2.43. The fourth-order valence-electron chi connectivity index (χ4n) is 1.72. The first-order valence-electron chi connectivity index (χ1n) is 5.40. The highest BCUT2D eigenvalue weighted by Gasteiger charge is 2.17. The molecule has 1 aromatic rings. The predicted molar refractivity (Wildman–Crippen MR) is 67.7 cm³/mol. The predicted octanol–water partition coefficient (Wildman–Crippen LogP) is 1.59. The molecule has 0 bridgehead atoms. The quantitative estimate of drug-likeness (QED) is 0.915. The van der Waals surface area contributed by atoms with Gasteiger partial charge >= 0.3 is 0 Å². The van der Waals surface area contributed by atoms with Crippen LogP contribution in [0.25, 0.3) is 0 Å². The monoisotopic (exact) mass is 285 g/mol. The Morgan fingerprint density at radius 1 is 1.69 bits per heavy atom. The number of rotatable bonds is 3. The van der Waals surface area contributed by atoms with E-state index in [0.717, 1.165) is 36.5 Å². The van der Waals surface area contributed by atoms with Crippen molar-refractivity contribution in [3.05, 3.63) is 22.8 Å². The van der Waals surface area contributed by atoms with Gasteiger partial charge in [0, 0.05) is 25.8 Å². The van der Waals surface area contributed by atoms with Crippen molar-refractivity contribution in [2.24, 2.45) is 0 Å². The Morgan fingerprint density at radius 2 is 2.56 bits per heavy atom. The summed E-state index contributed by atoms with van der Waals surface area (Å²) < 4.78 is 6.65. The van der Waals surface area contributed by atoms with Crippen LogP contribution in [0.1, 0.15) is 0 Å². The van der Waals surface area contributed by atoms with Gasteiger partial charge < -0.3 is 15.0 Å². The van der Waals surface area contributed by atoms with Crippen molar-refractivity contribution in [3.8, 4) is 0 Å². The van der Waals surface area contributed by atoms with Crippen LogP contribution in [0.4, 0.5) is 5.82 Å². The zero-order valence-electron chi connectivity index (χ0n) is 9.32. The van der Waals surface area contributed by atoms with Crippen LogP contribution >= 0.6 is 15.9 Å². The molecule has 16 heavy (non-hydrogen) atoms. The summed E-state index contributed by atoms with van der Waals surface area (Å²) >= 11 is 3.46. The SMILES string of the molecule is CN1CCOC(CNc2ncccc2Br)C1. The van der Waals surface area contributed by atoms with Crippen LogP contribution in [0.3, 0.4) is 0 Å². The molecule has 4 nitrogen and oxygen atoms in total. The molecule has 5 heteroatoms. The number of morpholine rings is 1. The van der Waals surface area contributed by atoms with Crippen LogP contribution in [-0.4, -0.2) is 49.3 Å². The van der Waals surface area contributed by atoms with Crippen molar-refractivity contribution >= 4 is 21.7 Å². The number of nitrogens with zero attached hydrogens (tertiary/aromatic N) is 2. The van der Waals surface area contributed by atoms with Gasteiger partial charge in [-0.2, -0.15) is 0 Å². The third-order valence-corrected chi connectivity index (χ3v) is 3.24. The maximum absolute atomic E-state index is 5.66. The fraction of sp³-hybridized carbons (Fsp3) is 0.545. The second kappa shape index (κ2) is 5.61. The van der Waals surface area contributed by atoms with Crippen LogP contribution in [0.2, 0.25) is 0 Å². The van der Waals surface area contributed by atoms with Gasteiger partial charge in [-0.25, -0.2) is 4.98 Å². The Morgan fingerprint density at radius 3 is 3.31 bits per heavy atom. The van der Waals surface area contributed by atoms with Gasteiger partial charge in [0.15, 0.2) is 0 Å². The molecular weight excluding hydrogens is 270 g/mol. The number of hydrogen-bond donors (Lipinski definition) is 1. The number of aromatic nitrogens is 1. The molecule has 1 aliphatic heterocycles. The normalized spacial score (nSPS) is 22.0. The zero-order valence-corrected chi connectivity index (χ0v) is 10.9. The van der Waals surface area contributed by atoms with Crippen molar-refractivity contribution in [2.75, 3.05) is 38.6 Å². The number of hydrogen-bond acceptors (Lipinski definition) is 4. The molecule has 0 amide bonds. The Hall–Kier alpha value is -0.650. The van der Waals surface area contributed by atoms with E-state index in [4.69, 9.17) is 4.74 Å². The molecule has 2 heterocycles. The maximum Gasteiger partial charge on any atom is 0.140 e. The van der Waals surface area contributed by atoms with Crippen molar-refractivity contribution in [1.82, 2.24) is 9.88 Å². The molecule has 1 unspecified atom stereocenters. The average Bonchev–Trinajstić information content (AvgIpc) is 2.28. The Kier molecular flexibility index (Phi) is 4.15. The van der Waals surface area contributed by atoms with Crippen LogP contribution in [0.15, 0.2) is 22.8 Å². The van der Waals surface area contributed by atoms with E-state index in [2.05, 4.69) is 38.2 Å². The minimum atomic E-state index is 0.243. The van der Waals surface area contributed by atoms with Gasteiger partial charge in [-0.1, -0.05) is 0 Å². The largest absolute Gasteiger partial charge is 0.374 e. The molecule has 88 valence electrons. The van der Waals surface area contributed by atoms with Gasteiger partial charge in [-0.3, -0.25) is 0 Å². The van der Waals surface area contributed by atoms with E-state index in [0.29, 0.717) is 0 Å². The molecule has 1 fully saturated rings. The molecule has 0 spiro atoms. The smallest absolute Gasteiger partial charge is 0.140 e. The summed E-state index contributed by atoms with van der Waals surface area (Å²) in [6, 6.07) is 3.88. The molecule has 1 aromatic heterocycles. The Bertz CT molecular complexity index is 348. The van der Waals surface area contributed by atoms with Gasteiger partial charge in [0.05, 0.1) is 17.2 Å². The van der Waals surface area contributed by atoms with Crippen molar-refractivity contribution in [1.29, 1.82) is 0 Å². The summed E-state index contributed by atoms with van der Waals surface area (Å²) in [6.45, 7) is 3.59. The number of likely N-dealkylation sites (N-methyl/N-ethyl adjacent to an activating group) is 1. The van der Waals surface area contributed by atoms with Gasteiger partial charge in [0.1, 0.15) is 5.82 Å². The molecule has 0 saturated carbocycles. The molecule has 0 radical (unpaired) electrons. The summed E-state index contributed by atoms with van der Waals surface area (Å²) in [6.07, 6.45) is 2.02. The van der Waals surface area contributed by atoms with E-state index in [9.17, 15) is 0 Å². The van der Waals surface area contributed by atoms with Gasteiger partial charge in [0.25, 0.3) is 0 Å². The first kappa shape index (κ1) is 11.8. The van der Waals surface area contributed by atoms with Gasteiger partial charge in [-0.05, 0) is 35.1 Å². The molecule has 1 atom stereocenters. The summed E-state index contributed by atoms with van der Waals surface area (Å²) in [5, 5.41) is 3.29. The lowest BCUT2D eigenvalue weighted by atomic mass is 10.3. The van der Waals surface area contributed by atoms with Crippen LogP contribution in [0, 0.1) is 0 Å². The molecule has 1 aliphatic rings. The molecule has 0 aromatic carbocycles. The third-order valence-electron chi connectivity index (χ3n) is 2.60. The first-order valence-corrected chi connectivity index (χ1v) is 6.19. The Labute approximate surface area is 104 Å². The second-order valence-electron chi connectivity index (χ2n) is 3.97. The van der Waals surface area contributed by atoms with E-state index in [1.807, 2.05) is 12.1 Å². The summed E-state index contributed by atoms with van der Waals surface area (Å²) in [5.74, 6) is 0.874. The topological polar surface area (TPSA) is 37.4 Å². The fourth-order valence-corrected chi connectivity index (χ4v) is 2.11. The average molecular weight is 286 g/mol. The highest BCUT2D eigenvalue weighted by atomic mass is 79.9. The number of ether oxygens (including phenoxy) is 1. The summed E-state index contributed by atoms with van der Waals surface area (Å²) in [4.78, 5) is 6.54. The Balaban J connectivity index is 1.85. The number of pyridine rings is 1. The van der Waals surface area contributed by atoms with E-state index in [1.54, 1.807) is 6.20 Å². The number of nitrogens with one attached hydrogen (secondary N) is 1. The minimum Gasteiger partial charge on any atom is -0.374 e. The molecule has 1 saturated heterocycles. The van der Waals surface area contributed by atoms with Gasteiger partial charge in [-0.15, -0.1) is 0 Å². The summed E-state index contributed by atoms with van der Waals surface area (Å²) in [5.41, 5.74) is 0. The van der Waals surface area contributed by atoms with Crippen molar-refractivity contribution in [2.45, 2.75) is 6.10 Å². The van der Waals surface area contributed by atoms with Crippen LogP contribution < -0.4 is 5.32 Å². The highest BCUT2D eigenvalue weighted by molar-refractivity contribution is 9.10. The van der Waals surface area contributed by atoms with E-state index >= 15 is 0 Å². The lowest BCUT2D eigenvalue weighted by molar-refractivity contribution is -0.0117. The molecule has 1 N–H and O–H groups in total. The lowest BCUT2D eigenvalue weighted by Gasteiger charge is -2.30. The maximum atomic E-state index is 5.66. The summed E-state index contributed by atoms with van der Waals surface area (Å²) in [7, 11) is 2.12. The van der Waals surface area contributed by atoms with Crippen LogP contribution in [0.5, 0.6) is 0 Å². The highest BCUT2D eigenvalue weighted by Crippen LogP contribution is 2.18. The molecule has 0 aliphatic carbocycles. The van der Waals surface area contributed by atoms with E-state index < -0.39 is 0 Å². The van der Waals surface area contributed by atoms with Gasteiger partial charge in [0.2, 0.25) is 0 Å². The van der Waals surface area contributed by atoms with E-state index in [-0.39, 0.29) is 6.10 Å². The van der Waals surface area contributed by atoms with Crippen LogP contribution in [-0.2, 0) is 4.74 Å². The van der Waals surface area contributed by atoms with Crippen molar-refractivity contribution < 1.29 is 4.74 Å². The number of anilines is 1. The zero-order chi connectivity index (χ0) is 11.4. The van der Waals surface area contributed by atoms with E-state index in [1.165, 1.54) is 0 Å². The van der Waals surface area contributed by atoms with Crippen molar-refractivity contribution in [3.63, 3.8) is 0 Å². The minimum absolute atomic E-state index is 0.243. The third kappa shape index (κ3) is 3.17. The number of halogens is 1. The first-order chi connectivity index (χ1) is 7.75. The standard InChI is InChI=1S/C11H16BrN3O/c1-15-5-6-16-9(8-15)7-14-11-10(12)3-2-4-13-11/h2-4,9H,5-8H2,1H3,(H,13,14). The molecular formula is C11H16BrN3O. The molecule has 2 rings (SSSR count).